The van der Waals surface area contributed by atoms with Gasteiger partial charge in [0, 0.05) is 11.1 Å². The van der Waals surface area contributed by atoms with Gasteiger partial charge in [-0.2, -0.15) is 16.4 Å². The first-order valence-electron chi connectivity index (χ1n) is 12.9. The molecule has 40 heavy (non-hydrogen) atoms. The second kappa shape index (κ2) is 11.7. The maximum absolute atomic E-state index is 12.5. The van der Waals surface area contributed by atoms with E-state index < -0.39 is 6.09 Å². The van der Waals surface area contributed by atoms with Crippen molar-refractivity contribution in [2.24, 2.45) is 5.92 Å². The van der Waals surface area contributed by atoms with Crippen LogP contribution in [0.4, 0.5) is 10.6 Å². The highest BCUT2D eigenvalue weighted by Gasteiger charge is 2.21. The molecule has 12 heteroatoms. The fourth-order valence-electron chi connectivity index (χ4n) is 4.18. The smallest absolute Gasteiger partial charge is 0.407 e. The summed E-state index contributed by atoms with van der Waals surface area (Å²) in [6, 6.07) is 5.28. The third kappa shape index (κ3) is 6.07. The number of hydrogen-bond donors (Lipinski definition) is 3. The number of nitrogens with two attached hydrogens (primary N) is 1. The number of rotatable bonds is 10. The number of aromatic nitrogens is 5. The van der Waals surface area contributed by atoms with Crippen molar-refractivity contribution < 1.29 is 18.7 Å². The van der Waals surface area contributed by atoms with Crippen molar-refractivity contribution in [3.05, 3.63) is 58.4 Å². The van der Waals surface area contributed by atoms with E-state index >= 15 is 0 Å². The van der Waals surface area contributed by atoms with Crippen LogP contribution in [-0.4, -0.2) is 50.5 Å². The lowest BCUT2D eigenvalue weighted by molar-refractivity contribution is 0.125. The summed E-state index contributed by atoms with van der Waals surface area (Å²) in [5, 5.41) is 14.0. The lowest BCUT2D eigenvalue weighted by Crippen LogP contribution is -2.41. The zero-order valence-electron chi connectivity index (χ0n) is 22.7. The van der Waals surface area contributed by atoms with Crippen molar-refractivity contribution in [1.29, 1.82) is 0 Å². The fraction of sp³-hybridized carbons (Fsp3) is 0.321. The molecule has 5 aromatic heterocycles. The van der Waals surface area contributed by atoms with Crippen LogP contribution in [0.15, 0.2) is 45.8 Å². The minimum Gasteiger partial charge on any atom is -0.488 e. The first kappa shape index (κ1) is 27.1. The van der Waals surface area contributed by atoms with Crippen LogP contribution in [0.2, 0.25) is 0 Å². The SMILES string of the molecule is Cc1occc1-c1nc(N)c(OC[C@H](Cc2ccsc2)NC(=O)OCC(C)C)cc1-c1cnc2[nH]nc(C)c2n1. The molecule has 5 aromatic rings. The quantitative estimate of drug-likeness (QED) is 0.206. The number of furan rings is 1. The van der Waals surface area contributed by atoms with E-state index in [0.717, 1.165) is 16.8 Å². The third-order valence-electron chi connectivity index (χ3n) is 6.22. The number of ether oxygens (including phenoxy) is 2. The van der Waals surface area contributed by atoms with Crippen molar-refractivity contribution in [3.63, 3.8) is 0 Å². The average molecular weight is 562 g/mol. The second-order valence-corrected chi connectivity index (χ2v) is 10.7. The van der Waals surface area contributed by atoms with Crippen molar-refractivity contribution in [3.8, 4) is 28.3 Å². The Morgan fingerprint density at radius 3 is 2.77 bits per heavy atom. The number of aromatic amines is 1. The molecule has 0 aliphatic heterocycles. The largest absolute Gasteiger partial charge is 0.488 e. The summed E-state index contributed by atoms with van der Waals surface area (Å²) >= 11 is 1.59. The number of carbonyl (C=O) groups is 1. The number of pyridine rings is 1. The summed E-state index contributed by atoms with van der Waals surface area (Å²) < 4.78 is 17.1. The number of amides is 1. The summed E-state index contributed by atoms with van der Waals surface area (Å²) in [6.07, 6.45) is 3.33. The van der Waals surface area contributed by atoms with Crippen molar-refractivity contribution in [1.82, 2.24) is 30.5 Å². The molecule has 0 radical (unpaired) electrons. The number of anilines is 1. The van der Waals surface area contributed by atoms with Crippen LogP contribution in [-0.2, 0) is 11.2 Å². The van der Waals surface area contributed by atoms with E-state index in [9.17, 15) is 4.79 Å². The number of fused-ring (bicyclic) bond motifs is 1. The average Bonchev–Trinajstić information content (AvgIpc) is 3.68. The number of nitrogens with zero attached hydrogens (tertiary/aromatic N) is 4. The Hall–Kier alpha value is -4.45. The van der Waals surface area contributed by atoms with Gasteiger partial charge in [0.15, 0.2) is 17.2 Å². The molecule has 0 spiro atoms. The van der Waals surface area contributed by atoms with Crippen LogP contribution >= 0.6 is 11.3 Å². The van der Waals surface area contributed by atoms with E-state index in [0.29, 0.717) is 52.7 Å². The molecule has 1 atom stereocenters. The number of aryl methyl sites for hydroxylation is 2. The molecule has 0 saturated carbocycles. The lowest BCUT2D eigenvalue weighted by Gasteiger charge is -2.20. The maximum atomic E-state index is 12.5. The molecule has 0 bridgehead atoms. The molecular weight excluding hydrogens is 530 g/mol. The van der Waals surface area contributed by atoms with Crippen molar-refractivity contribution >= 4 is 34.4 Å². The van der Waals surface area contributed by atoms with Crippen LogP contribution < -0.4 is 15.8 Å². The van der Waals surface area contributed by atoms with Gasteiger partial charge in [-0.1, -0.05) is 13.8 Å². The molecular formula is C28H31N7O4S. The summed E-state index contributed by atoms with van der Waals surface area (Å²) in [4.78, 5) is 26.5. The second-order valence-electron chi connectivity index (χ2n) is 9.90. The lowest BCUT2D eigenvalue weighted by atomic mass is 10.0. The standard InChI is InChI=1S/C28H31N7O4S/c1-15(2)12-39-28(36)31-19(9-18-6-8-40-14-18)13-38-23-10-21(22-11-30-27-24(32-22)16(3)34-35-27)25(33-26(23)29)20-5-7-37-17(20)4/h5-8,10-11,14-15,19H,9,12-13H2,1-4H3,(H2,29,33)(H,31,36)(H,30,34,35)/t19-/m0/s1. The molecule has 11 nitrogen and oxygen atoms in total. The Balaban J connectivity index is 1.46. The molecule has 4 N–H and O–H groups in total. The monoisotopic (exact) mass is 561 g/mol. The van der Waals surface area contributed by atoms with Gasteiger partial charge in [0.05, 0.1) is 42.2 Å². The Bertz CT molecular complexity index is 1610. The first-order chi connectivity index (χ1) is 19.3. The molecule has 0 unspecified atom stereocenters. The van der Waals surface area contributed by atoms with Gasteiger partial charge in [0.1, 0.15) is 17.9 Å². The molecule has 5 heterocycles. The molecule has 5 rings (SSSR count). The Morgan fingerprint density at radius 1 is 1.20 bits per heavy atom. The molecule has 0 aliphatic rings. The van der Waals surface area contributed by atoms with Gasteiger partial charge >= 0.3 is 6.09 Å². The van der Waals surface area contributed by atoms with Gasteiger partial charge in [-0.3, -0.25) is 5.10 Å². The number of thiophene rings is 1. The Morgan fingerprint density at radius 2 is 2.05 bits per heavy atom. The van der Waals surface area contributed by atoms with E-state index in [-0.39, 0.29) is 24.4 Å². The highest BCUT2D eigenvalue weighted by molar-refractivity contribution is 7.07. The van der Waals surface area contributed by atoms with Crippen molar-refractivity contribution in [2.75, 3.05) is 18.9 Å². The van der Waals surface area contributed by atoms with Gasteiger partial charge in [0.2, 0.25) is 0 Å². The minimum atomic E-state index is -0.492. The summed E-state index contributed by atoms with van der Waals surface area (Å²) in [6.45, 7) is 8.16. The fourth-order valence-corrected chi connectivity index (χ4v) is 4.87. The normalized spacial score (nSPS) is 12.1. The van der Waals surface area contributed by atoms with Crippen LogP contribution in [0.1, 0.15) is 30.9 Å². The topological polar surface area (TPSA) is 154 Å². The zero-order valence-corrected chi connectivity index (χ0v) is 23.5. The third-order valence-corrected chi connectivity index (χ3v) is 6.95. The Kier molecular flexibility index (Phi) is 7.96. The highest BCUT2D eigenvalue weighted by atomic mass is 32.1. The summed E-state index contributed by atoms with van der Waals surface area (Å²) in [5.74, 6) is 1.48. The van der Waals surface area contributed by atoms with Gasteiger partial charge in [-0.05, 0) is 60.7 Å². The summed E-state index contributed by atoms with van der Waals surface area (Å²) in [7, 11) is 0. The number of nitrogens with one attached hydrogen (secondary N) is 2. The predicted octanol–water partition coefficient (Wildman–Crippen LogP) is 5.31. The van der Waals surface area contributed by atoms with Crippen LogP contribution in [0.5, 0.6) is 5.75 Å². The van der Waals surface area contributed by atoms with Crippen LogP contribution in [0.3, 0.4) is 0 Å². The number of carbonyl (C=O) groups excluding carboxylic acids is 1. The van der Waals surface area contributed by atoms with E-state index in [2.05, 4.69) is 20.5 Å². The Labute approximate surface area is 235 Å². The van der Waals surface area contributed by atoms with Gasteiger partial charge in [0.25, 0.3) is 0 Å². The van der Waals surface area contributed by atoms with Gasteiger partial charge < -0.3 is 24.9 Å². The van der Waals surface area contributed by atoms with E-state index in [1.807, 2.05) is 50.6 Å². The maximum Gasteiger partial charge on any atom is 0.407 e. The van der Waals surface area contributed by atoms with Gasteiger partial charge in [-0.15, -0.1) is 0 Å². The minimum absolute atomic E-state index is 0.146. The van der Waals surface area contributed by atoms with Gasteiger partial charge in [-0.25, -0.2) is 19.7 Å². The molecule has 1 amide bonds. The number of alkyl carbamates (subject to hydrolysis) is 1. The van der Waals surface area contributed by atoms with E-state index in [1.54, 1.807) is 29.9 Å². The number of hydrogen-bond acceptors (Lipinski definition) is 10. The van der Waals surface area contributed by atoms with Crippen LogP contribution in [0.25, 0.3) is 33.7 Å². The van der Waals surface area contributed by atoms with E-state index in [4.69, 9.17) is 29.6 Å². The molecule has 0 saturated heterocycles. The first-order valence-corrected chi connectivity index (χ1v) is 13.8. The number of H-pyrrole nitrogens is 1. The zero-order chi connectivity index (χ0) is 28.2. The van der Waals surface area contributed by atoms with Crippen molar-refractivity contribution in [2.45, 2.75) is 40.2 Å². The van der Waals surface area contributed by atoms with E-state index in [1.165, 1.54) is 0 Å². The van der Waals surface area contributed by atoms with Crippen LogP contribution in [0, 0.1) is 19.8 Å². The molecule has 0 aromatic carbocycles. The molecule has 0 aliphatic carbocycles. The highest BCUT2D eigenvalue weighted by Crippen LogP contribution is 2.37. The summed E-state index contributed by atoms with van der Waals surface area (Å²) in [5.41, 5.74) is 12.1. The molecule has 0 fully saturated rings. The number of nitrogen functional groups attached to an aromatic ring is 1. The molecule has 208 valence electrons. The predicted molar refractivity (Wildman–Crippen MR) is 153 cm³/mol.